The van der Waals surface area contributed by atoms with Crippen molar-refractivity contribution in [3.05, 3.63) is 58.0 Å². The van der Waals surface area contributed by atoms with Gasteiger partial charge in [0, 0.05) is 35.5 Å². The molecule has 26 heavy (non-hydrogen) atoms. The zero-order chi connectivity index (χ0) is 17.9. The number of hydrogen-bond donors (Lipinski definition) is 0. The largest absolute Gasteiger partial charge is 0.379 e. The van der Waals surface area contributed by atoms with E-state index in [-0.39, 0.29) is 0 Å². The van der Waals surface area contributed by atoms with E-state index >= 15 is 0 Å². The van der Waals surface area contributed by atoms with Gasteiger partial charge in [0.25, 0.3) is 0 Å². The van der Waals surface area contributed by atoms with Gasteiger partial charge in [0.15, 0.2) is 5.82 Å². The van der Waals surface area contributed by atoms with Gasteiger partial charge in [-0.25, -0.2) is 4.68 Å². The van der Waals surface area contributed by atoms with Gasteiger partial charge in [-0.1, -0.05) is 15.9 Å². The van der Waals surface area contributed by atoms with Gasteiger partial charge in [0.2, 0.25) is 4.77 Å². The van der Waals surface area contributed by atoms with Crippen LogP contribution in [0.15, 0.2) is 53.3 Å². The summed E-state index contributed by atoms with van der Waals surface area (Å²) in [6.45, 7) is 3.93. The van der Waals surface area contributed by atoms with E-state index in [2.05, 4.69) is 25.8 Å². The number of aromatic nitrogens is 4. The summed E-state index contributed by atoms with van der Waals surface area (Å²) in [6, 6.07) is 12.0. The molecule has 0 saturated carbocycles. The fourth-order valence-corrected chi connectivity index (χ4v) is 3.50. The van der Waals surface area contributed by atoms with Gasteiger partial charge in [-0.15, -0.1) is 5.10 Å². The van der Waals surface area contributed by atoms with E-state index in [0.29, 0.717) is 11.4 Å². The lowest BCUT2D eigenvalue weighted by atomic mass is 10.2. The van der Waals surface area contributed by atoms with Crippen LogP contribution in [0, 0.1) is 4.77 Å². The predicted octanol–water partition coefficient (Wildman–Crippen LogP) is 3.52. The molecule has 0 atom stereocenters. The maximum absolute atomic E-state index is 5.77. The van der Waals surface area contributed by atoms with Crippen LogP contribution in [0.3, 0.4) is 0 Å². The molecule has 1 aromatic carbocycles. The lowest BCUT2D eigenvalue weighted by molar-refractivity contribution is 0.0210. The van der Waals surface area contributed by atoms with Gasteiger partial charge in [0.1, 0.15) is 0 Å². The molecule has 0 amide bonds. The number of hydrogen-bond acceptors (Lipinski definition) is 5. The van der Waals surface area contributed by atoms with Crippen LogP contribution in [0.2, 0.25) is 0 Å². The van der Waals surface area contributed by atoms with Crippen molar-refractivity contribution >= 4 is 28.1 Å². The van der Waals surface area contributed by atoms with Crippen LogP contribution in [0.25, 0.3) is 17.1 Å². The topological polar surface area (TPSA) is 48.1 Å². The van der Waals surface area contributed by atoms with E-state index in [1.807, 2.05) is 45.6 Å². The Labute approximate surface area is 165 Å². The first-order valence-corrected chi connectivity index (χ1v) is 9.59. The second-order valence-electron chi connectivity index (χ2n) is 6.03. The Morgan fingerprint density at radius 1 is 1.04 bits per heavy atom. The van der Waals surface area contributed by atoms with E-state index in [0.717, 1.165) is 47.9 Å². The van der Waals surface area contributed by atoms with Crippen molar-refractivity contribution in [3.63, 3.8) is 0 Å². The molecular weight excluding hydrogens is 414 g/mol. The molecule has 0 spiro atoms. The molecule has 1 aliphatic rings. The van der Waals surface area contributed by atoms with Crippen molar-refractivity contribution in [1.29, 1.82) is 0 Å². The minimum absolute atomic E-state index is 0.657. The quantitative estimate of drug-likeness (QED) is 0.591. The third kappa shape index (κ3) is 3.64. The zero-order valence-corrected chi connectivity index (χ0v) is 16.5. The Balaban J connectivity index is 1.79. The number of halogens is 1. The van der Waals surface area contributed by atoms with Crippen molar-refractivity contribution in [2.24, 2.45) is 0 Å². The maximum atomic E-state index is 5.77. The van der Waals surface area contributed by atoms with Crippen molar-refractivity contribution in [1.82, 2.24) is 24.2 Å². The third-order valence-corrected chi connectivity index (χ3v) is 5.22. The van der Waals surface area contributed by atoms with Crippen LogP contribution < -0.4 is 0 Å². The smallest absolute Gasteiger partial charge is 0.204 e. The van der Waals surface area contributed by atoms with Crippen LogP contribution in [0.4, 0.5) is 0 Å². The fraction of sp³-hybridized carbons (Fsp3) is 0.278. The minimum Gasteiger partial charge on any atom is -0.379 e. The summed E-state index contributed by atoms with van der Waals surface area (Å²) >= 11 is 9.26. The van der Waals surface area contributed by atoms with E-state index in [1.54, 1.807) is 12.4 Å². The van der Waals surface area contributed by atoms with Crippen LogP contribution in [0.1, 0.15) is 0 Å². The van der Waals surface area contributed by atoms with Crippen molar-refractivity contribution in [2.45, 2.75) is 6.67 Å². The van der Waals surface area contributed by atoms with Crippen molar-refractivity contribution in [2.75, 3.05) is 26.3 Å². The summed E-state index contributed by atoms with van der Waals surface area (Å²) in [5.41, 5.74) is 1.97. The van der Waals surface area contributed by atoms with Crippen molar-refractivity contribution < 1.29 is 4.74 Å². The highest BCUT2D eigenvalue weighted by Gasteiger charge is 2.17. The minimum atomic E-state index is 0.657. The number of nitrogens with zero attached hydrogens (tertiary/aromatic N) is 5. The average Bonchev–Trinajstić information content (AvgIpc) is 3.00. The van der Waals surface area contributed by atoms with Crippen LogP contribution in [-0.2, 0) is 11.4 Å². The Bertz CT molecular complexity index is 932. The highest BCUT2D eigenvalue weighted by molar-refractivity contribution is 9.10. The molecular formula is C18H18BrN5OS. The lowest BCUT2D eigenvalue weighted by Crippen LogP contribution is -2.37. The molecule has 3 heterocycles. The number of pyridine rings is 1. The van der Waals surface area contributed by atoms with Gasteiger partial charge in [0.05, 0.1) is 25.6 Å². The standard InChI is InChI=1S/C18H18BrN5OS/c19-15-1-3-16(4-2-15)24-17(14-5-7-20-8-6-14)21-23(18(24)26)13-22-9-11-25-12-10-22/h1-8H,9-13H2. The predicted molar refractivity (Wildman–Crippen MR) is 106 cm³/mol. The number of rotatable bonds is 4. The van der Waals surface area contributed by atoms with Crippen molar-refractivity contribution in [3.8, 4) is 17.1 Å². The first-order chi connectivity index (χ1) is 12.7. The van der Waals surface area contributed by atoms with Gasteiger partial charge < -0.3 is 4.74 Å². The van der Waals surface area contributed by atoms with E-state index in [1.165, 1.54) is 0 Å². The fourth-order valence-electron chi connectivity index (χ4n) is 2.94. The molecule has 1 aliphatic heterocycles. The third-order valence-electron chi connectivity index (χ3n) is 4.30. The molecule has 0 aliphatic carbocycles. The van der Waals surface area contributed by atoms with Crippen LogP contribution in [0.5, 0.6) is 0 Å². The maximum Gasteiger partial charge on any atom is 0.204 e. The molecule has 0 unspecified atom stereocenters. The summed E-state index contributed by atoms with van der Waals surface area (Å²) < 4.78 is 11.0. The van der Waals surface area contributed by atoms with Gasteiger partial charge in [-0.2, -0.15) is 0 Å². The summed E-state index contributed by atoms with van der Waals surface area (Å²) in [5, 5.41) is 4.83. The van der Waals surface area contributed by atoms with E-state index in [9.17, 15) is 0 Å². The highest BCUT2D eigenvalue weighted by Crippen LogP contribution is 2.23. The first-order valence-electron chi connectivity index (χ1n) is 8.39. The molecule has 3 aromatic rings. The molecule has 2 aromatic heterocycles. The monoisotopic (exact) mass is 431 g/mol. The van der Waals surface area contributed by atoms with Crippen LogP contribution >= 0.6 is 28.1 Å². The lowest BCUT2D eigenvalue weighted by Gasteiger charge is -2.26. The molecule has 134 valence electrons. The normalized spacial score (nSPS) is 15.3. The number of ether oxygens (including phenoxy) is 1. The molecule has 6 nitrogen and oxygen atoms in total. The highest BCUT2D eigenvalue weighted by atomic mass is 79.9. The van der Waals surface area contributed by atoms with Crippen LogP contribution in [-0.4, -0.2) is 50.5 Å². The molecule has 1 saturated heterocycles. The summed E-state index contributed by atoms with van der Waals surface area (Å²) in [6.07, 6.45) is 3.54. The summed E-state index contributed by atoms with van der Waals surface area (Å²) in [4.78, 5) is 6.41. The average molecular weight is 432 g/mol. The van der Waals surface area contributed by atoms with E-state index < -0.39 is 0 Å². The SMILES string of the molecule is S=c1n(CN2CCOCC2)nc(-c2ccncc2)n1-c1ccc(Br)cc1. The van der Waals surface area contributed by atoms with Gasteiger partial charge in [-0.05, 0) is 48.6 Å². The zero-order valence-electron chi connectivity index (χ0n) is 14.1. The number of benzene rings is 1. The Morgan fingerprint density at radius 3 is 2.42 bits per heavy atom. The van der Waals surface area contributed by atoms with Gasteiger partial charge in [-0.3, -0.25) is 14.5 Å². The molecule has 4 rings (SSSR count). The number of morpholine rings is 1. The summed E-state index contributed by atoms with van der Waals surface area (Å²) in [7, 11) is 0. The Kier molecular flexibility index (Phi) is 5.26. The molecule has 0 bridgehead atoms. The second-order valence-corrected chi connectivity index (χ2v) is 7.31. The summed E-state index contributed by atoms with van der Waals surface area (Å²) in [5.74, 6) is 0.813. The molecule has 1 fully saturated rings. The molecule has 0 radical (unpaired) electrons. The molecule has 8 heteroatoms. The Hall–Kier alpha value is -1.87. The van der Waals surface area contributed by atoms with E-state index in [4.69, 9.17) is 22.1 Å². The Morgan fingerprint density at radius 2 is 1.73 bits per heavy atom. The van der Waals surface area contributed by atoms with Gasteiger partial charge >= 0.3 is 0 Å². The second kappa shape index (κ2) is 7.79. The molecule has 0 N–H and O–H groups in total. The first kappa shape index (κ1) is 17.5.